The van der Waals surface area contributed by atoms with Gasteiger partial charge in [0.15, 0.2) is 0 Å². The number of unbranched alkanes of at least 4 members (excludes halogenated alkanes) is 31. The van der Waals surface area contributed by atoms with Gasteiger partial charge in [0.05, 0.1) is 0 Å². The average Bonchev–Trinajstić information content (AvgIpc) is 3.55. The van der Waals surface area contributed by atoms with Gasteiger partial charge in [-0.15, -0.1) is 0 Å². The Morgan fingerprint density at radius 1 is 0.328 bits per heavy atom. The molecule has 2 aromatic carbocycles. The van der Waals surface area contributed by atoms with Crippen LogP contribution in [0.3, 0.4) is 0 Å². The van der Waals surface area contributed by atoms with E-state index in [1.807, 2.05) is 0 Å². The van der Waals surface area contributed by atoms with Crippen molar-refractivity contribution in [1.82, 2.24) is 0 Å². The van der Waals surface area contributed by atoms with E-state index in [1.54, 1.807) is 4.70 Å². The first kappa shape index (κ1) is 62.2. The van der Waals surface area contributed by atoms with E-state index in [1.165, 1.54) is 247 Å². The molecule has 0 saturated heterocycles. The van der Waals surface area contributed by atoms with E-state index in [0.29, 0.717) is 0 Å². The smallest absolute Gasteiger partial charge is 0.493 e. The van der Waals surface area contributed by atoms with E-state index >= 15 is 0 Å². The van der Waals surface area contributed by atoms with Crippen LogP contribution in [-0.4, -0.2) is 4.70 Å². The van der Waals surface area contributed by atoms with Crippen LogP contribution in [-0.2, 0) is 33.3 Å². The Kier molecular flexibility index (Phi) is 41.3. The van der Waals surface area contributed by atoms with Gasteiger partial charge in [-0.1, -0.05) is 251 Å². The molecule has 2 aromatic rings. The van der Waals surface area contributed by atoms with Gasteiger partial charge in [0.1, 0.15) is 0 Å². The minimum Gasteiger partial charge on any atom is -0.493 e. The van der Waals surface area contributed by atoms with E-state index in [2.05, 4.69) is 76.2 Å². The number of allylic oxidation sites excluding steroid dienone is 2. The third-order valence-electron chi connectivity index (χ3n) is 13.7. The molecule has 2 nitrogen and oxygen atoms in total. The summed E-state index contributed by atoms with van der Waals surface area (Å²) in [7, 11) is 0. The molecule has 0 N–H and O–H groups in total. The van der Waals surface area contributed by atoms with Gasteiger partial charge < -0.3 is 20.4 Å². The van der Waals surface area contributed by atoms with E-state index in [-0.39, 0.29) is 35.3 Å². The molecule has 3 rings (SSSR count). The zero-order valence-corrected chi connectivity index (χ0v) is 45.0. The summed E-state index contributed by atoms with van der Waals surface area (Å²) in [6.07, 6.45) is 52.8. The number of nitrogens with zero attached hydrogens (tertiary/aromatic N) is 2. The van der Waals surface area contributed by atoms with Crippen molar-refractivity contribution in [2.75, 3.05) is 0 Å². The normalized spacial score (nSPS) is 12.5. The molecule has 1 aliphatic rings. The maximum atomic E-state index is 12.1. The maximum absolute atomic E-state index is 12.1. The Balaban J connectivity index is 0.0000132. The van der Waals surface area contributed by atoms with E-state index in [0.717, 1.165) is 48.2 Å². The van der Waals surface area contributed by atoms with Crippen molar-refractivity contribution in [3.8, 4) is 0 Å². The first-order chi connectivity index (χ1) is 30.1. The predicted molar refractivity (Wildman–Crippen MR) is 284 cm³/mol. The van der Waals surface area contributed by atoms with Gasteiger partial charge in [0, 0.05) is 22.3 Å². The molecule has 0 unspecified atom stereocenters. The molecule has 0 bridgehead atoms. The Hall–Kier alpha value is -1.82. The van der Waals surface area contributed by atoms with Crippen LogP contribution in [0.2, 0.25) is 0 Å². The number of hydrogen-bond acceptors (Lipinski definition) is 0. The Bertz CT molecular complexity index is 1450. The van der Waals surface area contributed by atoms with Crippen molar-refractivity contribution >= 4 is 11.4 Å². The van der Waals surface area contributed by atoms with Gasteiger partial charge in [-0.2, -0.15) is 0 Å². The molecule has 0 spiro atoms. The molecular formula is C61H104N2Pd. The number of benzene rings is 2. The maximum Gasteiger partial charge on any atom is 2.00 e. The second-order valence-electron chi connectivity index (χ2n) is 19.3. The summed E-state index contributed by atoms with van der Waals surface area (Å²) in [6, 6.07) is 18.3. The zero-order chi connectivity index (χ0) is 43.4. The third kappa shape index (κ3) is 26.5. The quantitative estimate of drug-likeness (QED) is 0.0275. The van der Waals surface area contributed by atoms with Crippen LogP contribution in [0.4, 0.5) is 0 Å². The number of rotatable bonds is 41. The van der Waals surface area contributed by atoms with Gasteiger partial charge in [-0.25, -0.2) is 4.70 Å². The van der Waals surface area contributed by atoms with Crippen molar-refractivity contribution in [3.05, 3.63) is 102 Å². The number of aryl methyl sites for hydroxylation is 2. The molecular weight excluding hydrogens is 867 g/mol. The summed E-state index contributed by atoms with van der Waals surface area (Å²) in [5.41, 5.74) is 22.0. The Labute approximate surface area is 414 Å². The van der Waals surface area contributed by atoms with Crippen LogP contribution in [0.5, 0.6) is 0 Å². The topological polar surface area (TPSA) is 25.3 Å². The SMILES string of the molecule is CCCCCCCCCCCCCCCCCCCCCCCCCCCCCc1ccc(C2=C(CCCCC)C(CCCCC)=C(c3cccc(CCCC)c3)[N+]2=[N-])cc1.[CH3-].[CH3-].[Pd+2]. The summed E-state index contributed by atoms with van der Waals surface area (Å²) in [4.78, 5) is 0. The summed E-state index contributed by atoms with van der Waals surface area (Å²) in [5, 5.41) is 0. The second kappa shape index (κ2) is 42.5. The standard InChI is InChI=1S/C59H98N2.2CH3.Pd/c1-5-9-13-14-15-16-17-18-19-20-21-22-23-24-25-26-27-28-29-30-31-32-33-34-35-36-39-42-52-47-49-54(50-48-52)58-56(45-37-10-6-2)57(46-38-11-7-3)59(61(58)60)55-44-40-43-53(51-55)41-12-8-4;;;/h40,43-44,47-51H,5-39,41-42,45-46H2,1-4H3;2*1H3;/q;2*-1;+2. The molecule has 0 radical (unpaired) electrons. The monoisotopic (exact) mass is 971 g/mol. The fourth-order valence-corrected chi connectivity index (χ4v) is 9.79. The molecule has 0 aromatic heterocycles. The van der Waals surface area contributed by atoms with Crippen LogP contribution in [0, 0.1) is 14.9 Å². The first-order valence-electron chi connectivity index (χ1n) is 27.3. The summed E-state index contributed by atoms with van der Waals surface area (Å²) < 4.78 is 1.58. The van der Waals surface area contributed by atoms with E-state index in [9.17, 15) is 5.53 Å². The van der Waals surface area contributed by atoms with Crippen LogP contribution in [0.25, 0.3) is 16.9 Å². The zero-order valence-electron chi connectivity index (χ0n) is 43.4. The average molecular weight is 972 g/mol. The van der Waals surface area contributed by atoms with Gasteiger partial charge in [0.25, 0.3) is 0 Å². The molecule has 1 heterocycles. The predicted octanol–water partition coefficient (Wildman–Crippen LogP) is 21.4. The van der Waals surface area contributed by atoms with E-state index < -0.39 is 0 Å². The van der Waals surface area contributed by atoms with E-state index in [4.69, 9.17) is 0 Å². The molecule has 1 aliphatic heterocycles. The minimum absolute atomic E-state index is 0. The molecule has 0 amide bonds. The van der Waals surface area contributed by atoms with Crippen molar-refractivity contribution in [1.29, 1.82) is 0 Å². The first-order valence-corrected chi connectivity index (χ1v) is 27.3. The molecule has 64 heavy (non-hydrogen) atoms. The minimum atomic E-state index is 0. The fraction of sp³-hybridized carbons (Fsp3) is 0.705. The Morgan fingerprint density at radius 2 is 0.641 bits per heavy atom. The molecule has 0 saturated carbocycles. The summed E-state index contributed by atoms with van der Waals surface area (Å²) in [6.45, 7) is 9.15. The molecule has 3 heteroatoms. The summed E-state index contributed by atoms with van der Waals surface area (Å²) >= 11 is 0. The van der Waals surface area contributed by atoms with Crippen LogP contribution in [0.15, 0.2) is 59.7 Å². The van der Waals surface area contributed by atoms with Crippen molar-refractivity contribution in [2.45, 2.75) is 278 Å². The summed E-state index contributed by atoms with van der Waals surface area (Å²) in [5.74, 6) is 0. The van der Waals surface area contributed by atoms with Gasteiger partial charge in [0.2, 0.25) is 11.4 Å². The van der Waals surface area contributed by atoms with Crippen LogP contribution in [0.1, 0.15) is 288 Å². The second-order valence-corrected chi connectivity index (χ2v) is 19.3. The van der Waals surface area contributed by atoms with Gasteiger partial charge >= 0.3 is 20.4 Å². The van der Waals surface area contributed by atoms with Gasteiger partial charge in [-0.3, -0.25) is 0 Å². The molecule has 368 valence electrons. The molecule has 0 fully saturated rings. The van der Waals surface area contributed by atoms with Crippen LogP contribution >= 0.6 is 0 Å². The third-order valence-corrected chi connectivity index (χ3v) is 13.7. The van der Waals surface area contributed by atoms with Crippen LogP contribution < -0.4 is 0 Å². The fourth-order valence-electron chi connectivity index (χ4n) is 9.79. The largest absolute Gasteiger partial charge is 2.00 e. The van der Waals surface area contributed by atoms with Crippen molar-refractivity contribution in [2.24, 2.45) is 0 Å². The molecule has 0 aliphatic carbocycles. The molecule has 0 atom stereocenters. The van der Waals surface area contributed by atoms with Gasteiger partial charge in [-0.05, 0) is 86.8 Å². The van der Waals surface area contributed by atoms with Crippen molar-refractivity contribution in [3.63, 3.8) is 0 Å². The number of hydrogen-bond donors (Lipinski definition) is 0. The Morgan fingerprint density at radius 3 is 1.03 bits per heavy atom. The van der Waals surface area contributed by atoms with Crippen molar-refractivity contribution < 1.29 is 25.1 Å².